The Morgan fingerprint density at radius 3 is 2.82 bits per heavy atom. The van der Waals surface area contributed by atoms with E-state index in [9.17, 15) is 0 Å². The van der Waals surface area contributed by atoms with Crippen molar-refractivity contribution in [2.24, 2.45) is 0 Å². The number of rotatable bonds is 2. The fourth-order valence-corrected chi connectivity index (χ4v) is 1.42. The molecule has 1 heterocycles. The summed E-state index contributed by atoms with van der Waals surface area (Å²) in [7, 11) is 0. The molecule has 0 amide bonds. The average Bonchev–Trinajstić information content (AvgIpc) is 2.26. The molecule has 1 aromatic rings. The molecular weight excluding hydrogens is 156 g/mol. The molecule has 1 rings (SSSR count). The second-order valence-electron chi connectivity index (χ2n) is 2.08. The fraction of sp³-hybridized carbons (Fsp3) is 0.125. The molecule has 0 atom stereocenters. The van der Waals surface area contributed by atoms with E-state index < -0.39 is 0 Å². The molecule has 0 aromatic carbocycles. The number of hydrogen-bond acceptors (Lipinski definition) is 3. The lowest BCUT2D eigenvalue weighted by Crippen LogP contribution is -1.82. The van der Waals surface area contributed by atoms with Gasteiger partial charge >= 0.3 is 0 Å². The van der Waals surface area contributed by atoms with Crippen molar-refractivity contribution in [2.45, 2.75) is 6.92 Å². The first-order valence-electron chi connectivity index (χ1n) is 3.26. The summed E-state index contributed by atoms with van der Waals surface area (Å²) in [4.78, 5) is 4.21. The van der Waals surface area contributed by atoms with Gasteiger partial charge in [0.15, 0.2) is 0 Å². The second-order valence-corrected chi connectivity index (χ2v) is 3.31. The highest BCUT2D eigenvalue weighted by Gasteiger charge is 1.99. The van der Waals surface area contributed by atoms with Crippen molar-refractivity contribution in [1.82, 2.24) is 4.98 Å². The van der Waals surface area contributed by atoms with Crippen LogP contribution >= 0.6 is 11.3 Å². The summed E-state index contributed by atoms with van der Waals surface area (Å²) in [5.74, 6) is 0. The largest absolute Gasteiger partial charge is 0.389 e. The quantitative estimate of drug-likeness (QED) is 0.684. The highest BCUT2D eigenvalue weighted by molar-refractivity contribution is 7.15. The van der Waals surface area contributed by atoms with Crippen LogP contribution in [0, 0.1) is 6.92 Å². The molecule has 0 aliphatic rings. The topological polar surface area (TPSA) is 38.9 Å². The maximum atomic E-state index is 5.65. The smallest absolute Gasteiger partial charge is 0.114 e. The Hall–Kier alpha value is -1.09. The number of aryl methyl sites for hydroxylation is 1. The summed E-state index contributed by atoms with van der Waals surface area (Å²) in [5.41, 5.74) is 6.49. The minimum absolute atomic E-state index is 0.764. The third-order valence-corrected chi connectivity index (χ3v) is 1.99. The predicted molar refractivity (Wildman–Crippen MR) is 50.5 cm³/mol. The van der Waals surface area contributed by atoms with Crippen LogP contribution in [-0.2, 0) is 0 Å². The molecule has 0 aliphatic carbocycles. The summed E-state index contributed by atoms with van der Waals surface area (Å²) in [6.07, 6.45) is 5.38. The molecule has 0 saturated carbocycles. The molecule has 1 aromatic heterocycles. The predicted octanol–water partition coefficient (Wildman–Crippen LogP) is 2.23. The monoisotopic (exact) mass is 166 g/mol. The molecule has 2 nitrogen and oxygen atoms in total. The van der Waals surface area contributed by atoms with Crippen molar-refractivity contribution < 1.29 is 0 Å². The highest BCUT2D eigenvalue weighted by atomic mass is 32.1. The standard InChI is InChI=1S/C8H10N2S/c1-3-4-5-7-8(9)11-6(2)10-7/h3-5H,1,9H2,2H3/b5-4-. The van der Waals surface area contributed by atoms with Gasteiger partial charge in [-0.1, -0.05) is 18.7 Å². The van der Waals surface area contributed by atoms with Crippen LogP contribution in [-0.4, -0.2) is 4.98 Å². The summed E-state index contributed by atoms with van der Waals surface area (Å²) in [6, 6.07) is 0. The van der Waals surface area contributed by atoms with Gasteiger partial charge in [0.25, 0.3) is 0 Å². The summed E-state index contributed by atoms with van der Waals surface area (Å²) in [5, 5.41) is 1.76. The molecule has 58 valence electrons. The van der Waals surface area contributed by atoms with Crippen LogP contribution in [0.3, 0.4) is 0 Å². The normalized spacial score (nSPS) is 10.6. The van der Waals surface area contributed by atoms with Crippen molar-refractivity contribution in [2.75, 3.05) is 5.73 Å². The molecule has 2 N–H and O–H groups in total. The molecule has 0 fully saturated rings. The van der Waals surface area contributed by atoms with Crippen LogP contribution in [0.4, 0.5) is 5.00 Å². The Morgan fingerprint density at radius 1 is 1.64 bits per heavy atom. The lowest BCUT2D eigenvalue weighted by Gasteiger charge is -1.83. The highest BCUT2D eigenvalue weighted by Crippen LogP contribution is 2.20. The first kappa shape index (κ1) is 8.01. The van der Waals surface area contributed by atoms with Crippen molar-refractivity contribution >= 4 is 22.4 Å². The van der Waals surface area contributed by atoms with E-state index >= 15 is 0 Å². The van der Waals surface area contributed by atoms with E-state index in [1.807, 2.05) is 19.1 Å². The van der Waals surface area contributed by atoms with Gasteiger partial charge in [0.1, 0.15) is 5.00 Å². The average molecular weight is 166 g/mol. The number of thiazole rings is 1. The van der Waals surface area contributed by atoms with Crippen LogP contribution in [0.2, 0.25) is 0 Å². The van der Waals surface area contributed by atoms with Gasteiger partial charge in [0, 0.05) is 0 Å². The number of aromatic nitrogens is 1. The van der Waals surface area contributed by atoms with E-state index in [1.165, 1.54) is 11.3 Å². The Kier molecular flexibility index (Phi) is 2.44. The van der Waals surface area contributed by atoms with Gasteiger partial charge in [-0.05, 0) is 13.0 Å². The number of anilines is 1. The lowest BCUT2D eigenvalue weighted by molar-refractivity contribution is 1.28. The van der Waals surface area contributed by atoms with Gasteiger partial charge in [-0.25, -0.2) is 4.98 Å². The van der Waals surface area contributed by atoms with Gasteiger partial charge in [-0.15, -0.1) is 11.3 Å². The Bertz CT molecular complexity index is 286. The maximum absolute atomic E-state index is 5.65. The SMILES string of the molecule is C=C/C=C\c1nc(C)sc1N. The van der Waals surface area contributed by atoms with Gasteiger partial charge in [0.05, 0.1) is 10.7 Å². The van der Waals surface area contributed by atoms with Crippen LogP contribution in [0.1, 0.15) is 10.7 Å². The first-order valence-corrected chi connectivity index (χ1v) is 4.07. The maximum Gasteiger partial charge on any atom is 0.114 e. The number of nitrogens with zero attached hydrogens (tertiary/aromatic N) is 1. The third kappa shape index (κ3) is 1.91. The van der Waals surface area contributed by atoms with Crippen LogP contribution in [0.5, 0.6) is 0 Å². The van der Waals surface area contributed by atoms with E-state index in [0.717, 1.165) is 15.7 Å². The zero-order valence-corrected chi connectivity index (χ0v) is 7.19. The van der Waals surface area contributed by atoms with Crippen LogP contribution < -0.4 is 5.73 Å². The van der Waals surface area contributed by atoms with E-state index in [0.29, 0.717) is 0 Å². The molecule has 0 bridgehead atoms. The number of nitrogens with two attached hydrogens (primary N) is 1. The third-order valence-electron chi connectivity index (χ3n) is 1.18. The number of nitrogen functional groups attached to an aromatic ring is 1. The van der Waals surface area contributed by atoms with E-state index in [1.54, 1.807) is 6.08 Å². The van der Waals surface area contributed by atoms with E-state index in [-0.39, 0.29) is 0 Å². The summed E-state index contributed by atoms with van der Waals surface area (Å²) >= 11 is 1.50. The zero-order valence-electron chi connectivity index (χ0n) is 6.37. The van der Waals surface area contributed by atoms with Crippen molar-refractivity contribution in [3.8, 4) is 0 Å². The first-order chi connectivity index (χ1) is 5.24. The minimum atomic E-state index is 0.764. The Balaban J connectivity index is 2.93. The molecule has 3 heteroatoms. The number of allylic oxidation sites excluding steroid dienone is 2. The second kappa shape index (κ2) is 3.34. The molecule has 0 saturated heterocycles. The molecule has 11 heavy (non-hydrogen) atoms. The van der Waals surface area contributed by atoms with Gasteiger partial charge < -0.3 is 5.73 Å². The minimum Gasteiger partial charge on any atom is -0.389 e. The van der Waals surface area contributed by atoms with Gasteiger partial charge in [-0.3, -0.25) is 0 Å². The van der Waals surface area contributed by atoms with Crippen LogP contribution in [0.25, 0.3) is 6.08 Å². The number of hydrogen-bond donors (Lipinski definition) is 1. The summed E-state index contributed by atoms with van der Waals surface area (Å²) < 4.78 is 0. The van der Waals surface area contributed by atoms with E-state index in [4.69, 9.17) is 5.73 Å². The van der Waals surface area contributed by atoms with Crippen LogP contribution in [0.15, 0.2) is 18.7 Å². The fourth-order valence-electron chi connectivity index (χ4n) is 0.738. The van der Waals surface area contributed by atoms with Crippen molar-refractivity contribution in [3.05, 3.63) is 29.4 Å². The molecular formula is C8H10N2S. The summed E-state index contributed by atoms with van der Waals surface area (Å²) in [6.45, 7) is 5.50. The van der Waals surface area contributed by atoms with Gasteiger partial charge in [0.2, 0.25) is 0 Å². The molecule has 0 aliphatic heterocycles. The molecule has 0 radical (unpaired) electrons. The van der Waals surface area contributed by atoms with Crippen molar-refractivity contribution in [1.29, 1.82) is 0 Å². The van der Waals surface area contributed by atoms with Gasteiger partial charge in [-0.2, -0.15) is 0 Å². The molecule has 0 unspecified atom stereocenters. The lowest BCUT2D eigenvalue weighted by atomic mass is 10.4. The van der Waals surface area contributed by atoms with Crippen molar-refractivity contribution in [3.63, 3.8) is 0 Å². The Labute approximate surface area is 70.1 Å². The van der Waals surface area contributed by atoms with E-state index in [2.05, 4.69) is 11.6 Å². The molecule has 0 spiro atoms. The Morgan fingerprint density at radius 2 is 2.36 bits per heavy atom. The zero-order chi connectivity index (χ0) is 8.27.